The second kappa shape index (κ2) is 11.7. The van der Waals surface area contributed by atoms with Crippen molar-refractivity contribution in [1.82, 2.24) is 4.90 Å². The molecule has 4 heterocycles. The van der Waals surface area contributed by atoms with Crippen LogP contribution >= 0.6 is 0 Å². The zero-order valence-corrected chi connectivity index (χ0v) is 26.9. The van der Waals surface area contributed by atoms with Crippen molar-refractivity contribution in [3.63, 3.8) is 0 Å². The fraction of sp³-hybridized carbons (Fsp3) is 1.00. The molecule has 4 aliphatic heterocycles. The standard InChI is InChI=1S/C35H57NO7/c1-21-13-24-7-9-34(26(15-21)17-24)38-20-28(41-34)29-30(39-32(37)23(3)19-36-11-5-4-6-12-36)31-33(40-29)43-35(42-31)10-8-25-14-22(2)16-27(35)18-25/h21-33,37H,4-20H2,1-3H3. The van der Waals surface area contributed by atoms with Crippen molar-refractivity contribution < 1.29 is 33.5 Å². The van der Waals surface area contributed by atoms with Gasteiger partial charge >= 0.3 is 0 Å². The Morgan fingerprint density at radius 2 is 1.49 bits per heavy atom. The van der Waals surface area contributed by atoms with E-state index in [1.807, 2.05) is 0 Å². The normalized spacial score (nSPS) is 52.9. The largest absolute Gasteiger partial charge is 0.368 e. The summed E-state index contributed by atoms with van der Waals surface area (Å²) in [7, 11) is 0. The van der Waals surface area contributed by atoms with E-state index in [0.717, 1.165) is 63.1 Å². The van der Waals surface area contributed by atoms with E-state index in [1.54, 1.807) is 0 Å². The smallest absolute Gasteiger partial charge is 0.190 e. The minimum atomic E-state index is -0.909. The molecule has 15 unspecified atom stereocenters. The van der Waals surface area contributed by atoms with E-state index >= 15 is 0 Å². The Morgan fingerprint density at radius 3 is 2.21 bits per heavy atom. The minimum Gasteiger partial charge on any atom is -0.368 e. The molecule has 4 saturated heterocycles. The number of aliphatic hydroxyl groups is 1. The topological polar surface area (TPSA) is 78.9 Å². The first-order chi connectivity index (χ1) is 20.8. The Balaban J connectivity index is 1.00. The van der Waals surface area contributed by atoms with Crippen molar-refractivity contribution >= 4 is 0 Å². The number of rotatable bonds is 6. The summed E-state index contributed by atoms with van der Waals surface area (Å²) < 4.78 is 40.8. The predicted octanol–water partition coefficient (Wildman–Crippen LogP) is 5.45. The van der Waals surface area contributed by atoms with Gasteiger partial charge in [0.25, 0.3) is 0 Å². The van der Waals surface area contributed by atoms with Gasteiger partial charge in [0.05, 0.1) is 6.61 Å². The maximum atomic E-state index is 11.5. The molecule has 15 atom stereocenters. The minimum absolute atomic E-state index is 0.0187. The second-order valence-corrected chi connectivity index (χ2v) is 16.4. The zero-order valence-electron chi connectivity index (χ0n) is 26.9. The maximum Gasteiger partial charge on any atom is 0.190 e. The van der Waals surface area contributed by atoms with Crippen LogP contribution in [0, 0.1) is 41.4 Å². The number of ether oxygens (including phenoxy) is 6. The summed E-state index contributed by atoms with van der Waals surface area (Å²) in [5, 5.41) is 11.5. The fourth-order valence-electron chi connectivity index (χ4n) is 11.0. The second-order valence-electron chi connectivity index (χ2n) is 16.4. The predicted molar refractivity (Wildman–Crippen MR) is 160 cm³/mol. The van der Waals surface area contributed by atoms with E-state index in [0.29, 0.717) is 24.4 Å². The molecule has 1 N–H and O–H groups in total. The molecule has 0 aromatic rings. The van der Waals surface area contributed by atoms with Crippen molar-refractivity contribution in [2.24, 2.45) is 41.4 Å². The van der Waals surface area contributed by atoms with Crippen LogP contribution in [0.4, 0.5) is 0 Å². The van der Waals surface area contributed by atoms with Crippen molar-refractivity contribution in [1.29, 1.82) is 0 Å². The number of hydrogen-bond donors (Lipinski definition) is 1. The van der Waals surface area contributed by atoms with Crippen LogP contribution in [0.3, 0.4) is 0 Å². The molecule has 8 fully saturated rings. The Bertz CT molecular complexity index is 989. The Morgan fingerprint density at radius 1 is 0.814 bits per heavy atom. The van der Waals surface area contributed by atoms with E-state index in [1.165, 1.54) is 57.8 Å². The van der Waals surface area contributed by atoms with E-state index in [-0.39, 0.29) is 18.1 Å². The quantitative estimate of drug-likeness (QED) is 0.402. The van der Waals surface area contributed by atoms with Crippen LogP contribution in [0.2, 0.25) is 0 Å². The van der Waals surface area contributed by atoms with Gasteiger partial charge in [-0.1, -0.05) is 27.2 Å². The summed E-state index contributed by atoms with van der Waals surface area (Å²) in [6, 6.07) is 0. The number of nitrogens with zero attached hydrogens (tertiary/aromatic N) is 1. The highest BCUT2D eigenvalue weighted by molar-refractivity contribution is 5.05. The molecule has 8 rings (SSSR count). The lowest BCUT2D eigenvalue weighted by Crippen LogP contribution is -2.52. The molecule has 4 saturated carbocycles. The highest BCUT2D eigenvalue weighted by Gasteiger charge is 2.65. The highest BCUT2D eigenvalue weighted by atomic mass is 16.9. The van der Waals surface area contributed by atoms with Crippen LogP contribution in [-0.4, -0.2) is 84.8 Å². The number of likely N-dealkylation sites (tertiary alicyclic amines) is 1. The molecule has 4 bridgehead atoms. The van der Waals surface area contributed by atoms with Crippen molar-refractivity contribution in [2.75, 3.05) is 26.2 Å². The number of piperidine rings is 1. The van der Waals surface area contributed by atoms with Crippen LogP contribution in [0.25, 0.3) is 0 Å². The Hall–Kier alpha value is -0.320. The van der Waals surface area contributed by atoms with Gasteiger partial charge in [-0.25, -0.2) is 0 Å². The first-order valence-corrected chi connectivity index (χ1v) is 18.2. The summed E-state index contributed by atoms with van der Waals surface area (Å²) in [4.78, 5) is 2.47. The average Bonchev–Trinajstić information content (AvgIpc) is 3.67. The van der Waals surface area contributed by atoms with Crippen LogP contribution in [0.5, 0.6) is 0 Å². The zero-order chi connectivity index (χ0) is 29.3. The first-order valence-electron chi connectivity index (χ1n) is 18.2. The van der Waals surface area contributed by atoms with Crippen LogP contribution < -0.4 is 0 Å². The summed E-state index contributed by atoms with van der Waals surface area (Å²) >= 11 is 0. The van der Waals surface area contributed by atoms with E-state index in [2.05, 4.69) is 25.7 Å². The molecule has 8 nitrogen and oxygen atoms in total. The van der Waals surface area contributed by atoms with Crippen molar-refractivity contribution in [2.45, 2.75) is 153 Å². The van der Waals surface area contributed by atoms with Gasteiger partial charge in [0.2, 0.25) is 0 Å². The molecule has 0 radical (unpaired) electrons. The van der Waals surface area contributed by atoms with Gasteiger partial charge in [-0.3, -0.25) is 0 Å². The Kier molecular flexibility index (Phi) is 8.20. The molecule has 43 heavy (non-hydrogen) atoms. The summed E-state index contributed by atoms with van der Waals surface area (Å²) in [6.45, 7) is 10.4. The third kappa shape index (κ3) is 5.56. The summed E-state index contributed by atoms with van der Waals surface area (Å²) in [5.41, 5.74) is 0. The Labute approximate surface area is 258 Å². The third-order valence-corrected chi connectivity index (χ3v) is 13.0. The molecule has 244 valence electrons. The molecular formula is C35H57NO7. The van der Waals surface area contributed by atoms with Crippen LogP contribution in [-0.2, 0) is 28.4 Å². The van der Waals surface area contributed by atoms with Gasteiger partial charge in [0.15, 0.2) is 24.2 Å². The van der Waals surface area contributed by atoms with Gasteiger partial charge in [-0.2, -0.15) is 0 Å². The molecule has 8 aliphatic rings. The first kappa shape index (κ1) is 30.0. The molecule has 8 heteroatoms. The molecule has 2 spiro atoms. The monoisotopic (exact) mass is 603 g/mol. The lowest BCUT2D eigenvalue weighted by atomic mass is 9.65. The van der Waals surface area contributed by atoms with Gasteiger partial charge < -0.3 is 38.4 Å². The SMILES string of the molecule is CC1CC2CCC3(OCC(C4OC5OC6(CCC7CC(C)CC6C7)OC5C4OC(O)C(C)CN4CCCCC4)O3)C(C1)C2. The molecule has 0 amide bonds. The maximum absolute atomic E-state index is 11.5. The highest BCUT2D eigenvalue weighted by Crippen LogP contribution is 2.57. The number of hydrogen-bond acceptors (Lipinski definition) is 8. The lowest BCUT2D eigenvalue weighted by molar-refractivity contribution is -0.301. The van der Waals surface area contributed by atoms with Crippen LogP contribution in [0.15, 0.2) is 0 Å². The van der Waals surface area contributed by atoms with E-state index in [9.17, 15) is 5.11 Å². The van der Waals surface area contributed by atoms with E-state index < -0.39 is 36.4 Å². The summed E-state index contributed by atoms with van der Waals surface area (Å²) in [6.07, 6.45) is 12.4. The summed E-state index contributed by atoms with van der Waals surface area (Å²) in [5.74, 6) is 2.71. The van der Waals surface area contributed by atoms with Crippen molar-refractivity contribution in [3.05, 3.63) is 0 Å². The van der Waals surface area contributed by atoms with Gasteiger partial charge in [0.1, 0.15) is 24.4 Å². The van der Waals surface area contributed by atoms with Gasteiger partial charge in [-0.15, -0.1) is 0 Å². The van der Waals surface area contributed by atoms with Crippen LogP contribution in [0.1, 0.15) is 104 Å². The van der Waals surface area contributed by atoms with E-state index in [4.69, 9.17) is 28.4 Å². The van der Waals surface area contributed by atoms with Crippen molar-refractivity contribution in [3.8, 4) is 0 Å². The molecule has 0 aromatic heterocycles. The molecule has 4 aliphatic carbocycles. The lowest BCUT2D eigenvalue weighted by Gasteiger charge is -2.48. The third-order valence-electron chi connectivity index (χ3n) is 13.0. The molecular weight excluding hydrogens is 546 g/mol. The average molecular weight is 604 g/mol. The van der Waals surface area contributed by atoms with Gasteiger partial charge in [0, 0.05) is 37.1 Å². The number of fused-ring (bicyclic) bond motifs is 7. The van der Waals surface area contributed by atoms with Gasteiger partial charge in [-0.05, 0) is 101 Å². The molecule has 0 aromatic carbocycles. The number of aliphatic hydroxyl groups excluding tert-OH is 1. The fourth-order valence-corrected chi connectivity index (χ4v) is 11.0.